The van der Waals surface area contributed by atoms with Gasteiger partial charge in [-0.1, -0.05) is 60.7 Å². The number of primary amides is 1. The van der Waals surface area contributed by atoms with Gasteiger partial charge in [-0.2, -0.15) is 0 Å². The first-order valence-electron chi connectivity index (χ1n) is 15.6. The van der Waals surface area contributed by atoms with E-state index >= 15 is 0 Å². The van der Waals surface area contributed by atoms with Crippen LogP contribution < -0.4 is 11.1 Å². The molecule has 3 atom stereocenters. The predicted octanol–water partition coefficient (Wildman–Crippen LogP) is 4.33. The number of rotatable bonds is 11. The molecule has 3 amide bonds. The number of aromatic hydroxyl groups is 1. The van der Waals surface area contributed by atoms with Crippen LogP contribution in [0.5, 0.6) is 5.75 Å². The van der Waals surface area contributed by atoms with Crippen molar-refractivity contribution >= 4 is 28.5 Å². The molecular weight excluding hydrogens is 597 g/mol. The van der Waals surface area contributed by atoms with Crippen molar-refractivity contribution in [1.29, 1.82) is 0 Å². The quantitative estimate of drug-likeness (QED) is 0.171. The monoisotopic (exact) mass is 633 g/mol. The Morgan fingerprint density at radius 3 is 2.49 bits per heavy atom. The number of halogens is 1. The number of carbonyl (C=O) groups excluding carboxylic acids is 3. The molecule has 47 heavy (non-hydrogen) atoms. The van der Waals surface area contributed by atoms with Gasteiger partial charge in [-0.25, -0.2) is 9.37 Å². The second-order valence-electron chi connectivity index (χ2n) is 12.1. The molecule has 2 heterocycles. The normalized spacial score (nSPS) is 17.0. The maximum absolute atomic E-state index is 14.9. The lowest BCUT2D eigenvalue weighted by molar-refractivity contribution is -0.146. The molecule has 1 saturated heterocycles. The van der Waals surface area contributed by atoms with Gasteiger partial charge in [0, 0.05) is 31.3 Å². The van der Waals surface area contributed by atoms with Crippen molar-refractivity contribution in [2.24, 2.45) is 5.73 Å². The molecule has 4 aromatic carbocycles. The molecule has 0 radical (unpaired) electrons. The fourth-order valence-electron chi connectivity index (χ4n) is 6.45. The molecule has 10 heteroatoms. The highest BCUT2D eigenvalue weighted by Gasteiger charge is 2.41. The van der Waals surface area contributed by atoms with Crippen LogP contribution in [0.2, 0.25) is 0 Å². The summed E-state index contributed by atoms with van der Waals surface area (Å²) in [5.74, 6) is -2.39. The zero-order valence-corrected chi connectivity index (χ0v) is 25.7. The average molecular weight is 634 g/mol. The molecule has 0 aliphatic carbocycles. The number of aromatic amines is 1. The van der Waals surface area contributed by atoms with Crippen LogP contribution in [0.25, 0.3) is 10.8 Å². The SMILES string of the molecule is NC(=O)CCc1ccc(O)cc1C(Cc1ccc(F)cc1)C(=O)N1CC(Cc2ccc3ccccc3c2)NC(=O)C1Cc1cnc[nH]1. The van der Waals surface area contributed by atoms with Crippen LogP contribution in [0.15, 0.2) is 97.5 Å². The van der Waals surface area contributed by atoms with E-state index in [1.807, 2.05) is 36.4 Å². The third-order valence-corrected chi connectivity index (χ3v) is 8.79. The number of phenolic OH excluding ortho intramolecular Hbond substituents is 1. The minimum atomic E-state index is -0.855. The maximum atomic E-state index is 14.9. The Labute approximate surface area is 271 Å². The summed E-state index contributed by atoms with van der Waals surface area (Å²) in [5.41, 5.74) is 9.10. The van der Waals surface area contributed by atoms with Crippen molar-refractivity contribution in [2.45, 2.75) is 50.1 Å². The Balaban J connectivity index is 1.37. The first kappa shape index (κ1) is 31.5. The van der Waals surface area contributed by atoms with Crippen LogP contribution in [-0.4, -0.2) is 56.3 Å². The summed E-state index contributed by atoms with van der Waals surface area (Å²) in [6.07, 6.45) is 4.38. The number of benzene rings is 4. The lowest BCUT2D eigenvalue weighted by atomic mass is 9.85. The summed E-state index contributed by atoms with van der Waals surface area (Å²) < 4.78 is 13.9. The van der Waals surface area contributed by atoms with Gasteiger partial charge >= 0.3 is 0 Å². The number of H-pyrrole nitrogens is 1. The third-order valence-electron chi connectivity index (χ3n) is 8.79. The van der Waals surface area contributed by atoms with Gasteiger partial charge in [0.25, 0.3) is 0 Å². The highest BCUT2D eigenvalue weighted by atomic mass is 19.1. The van der Waals surface area contributed by atoms with Gasteiger partial charge in [-0.3, -0.25) is 14.4 Å². The molecule has 3 unspecified atom stereocenters. The van der Waals surface area contributed by atoms with Gasteiger partial charge < -0.3 is 26.0 Å². The predicted molar refractivity (Wildman–Crippen MR) is 176 cm³/mol. The van der Waals surface area contributed by atoms with E-state index in [0.717, 1.165) is 16.3 Å². The van der Waals surface area contributed by atoms with E-state index in [9.17, 15) is 23.9 Å². The Kier molecular flexibility index (Phi) is 9.28. The second-order valence-corrected chi connectivity index (χ2v) is 12.1. The molecule has 240 valence electrons. The van der Waals surface area contributed by atoms with Gasteiger partial charge in [0.1, 0.15) is 17.6 Å². The van der Waals surface area contributed by atoms with Gasteiger partial charge in [-0.15, -0.1) is 0 Å². The largest absolute Gasteiger partial charge is 0.508 e. The van der Waals surface area contributed by atoms with Crippen LogP contribution in [0.3, 0.4) is 0 Å². The molecule has 5 aromatic rings. The van der Waals surface area contributed by atoms with Crippen LogP contribution in [0.4, 0.5) is 4.39 Å². The molecule has 5 N–H and O–H groups in total. The highest BCUT2D eigenvalue weighted by Crippen LogP contribution is 2.32. The summed E-state index contributed by atoms with van der Waals surface area (Å²) in [7, 11) is 0. The van der Waals surface area contributed by atoms with Gasteiger partial charge in [0.15, 0.2) is 0 Å². The minimum absolute atomic E-state index is 0.0423. The summed E-state index contributed by atoms with van der Waals surface area (Å²) in [6.45, 7) is 0.242. The van der Waals surface area contributed by atoms with E-state index in [1.165, 1.54) is 30.6 Å². The average Bonchev–Trinajstić information content (AvgIpc) is 3.58. The van der Waals surface area contributed by atoms with E-state index in [-0.39, 0.29) is 55.8 Å². The Morgan fingerprint density at radius 2 is 1.74 bits per heavy atom. The zero-order valence-electron chi connectivity index (χ0n) is 25.7. The molecule has 0 bridgehead atoms. The molecule has 9 nitrogen and oxygen atoms in total. The van der Waals surface area contributed by atoms with Crippen LogP contribution in [0, 0.1) is 5.82 Å². The summed E-state index contributed by atoms with van der Waals surface area (Å²) >= 11 is 0. The number of aromatic nitrogens is 2. The van der Waals surface area contributed by atoms with E-state index in [4.69, 9.17) is 5.73 Å². The number of aryl methyl sites for hydroxylation is 1. The number of nitrogens with one attached hydrogen (secondary N) is 2. The smallest absolute Gasteiger partial charge is 0.243 e. The number of amides is 3. The number of phenols is 1. The highest BCUT2D eigenvalue weighted by molar-refractivity contribution is 5.92. The number of imidazole rings is 1. The number of fused-ring (bicyclic) bond motifs is 1. The fraction of sp³-hybridized carbons (Fsp3) is 0.243. The van der Waals surface area contributed by atoms with Crippen molar-refractivity contribution in [3.8, 4) is 5.75 Å². The Bertz CT molecular complexity index is 1890. The summed E-state index contributed by atoms with van der Waals surface area (Å²) in [6, 6.07) is 23.7. The first-order valence-corrected chi connectivity index (χ1v) is 15.6. The van der Waals surface area contributed by atoms with Crippen molar-refractivity contribution in [3.05, 3.63) is 131 Å². The van der Waals surface area contributed by atoms with E-state index < -0.39 is 23.7 Å². The summed E-state index contributed by atoms with van der Waals surface area (Å²) in [4.78, 5) is 49.2. The van der Waals surface area contributed by atoms with Crippen molar-refractivity contribution in [2.75, 3.05) is 6.54 Å². The van der Waals surface area contributed by atoms with Gasteiger partial charge in [0.2, 0.25) is 17.7 Å². The van der Waals surface area contributed by atoms with Gasteiger partial charge in [-0.05, 0) is 76.6 Å². The Morgan fingerprint density at radius 1 is 0.979 bits per heavy atom. The van der Waals surface area contributed by atoms with Crippen LogP contribution in [-0.2, 0) is 40.1 Å². The number of hydrogen-bond donors (Lipinski definition) is 4. The Hall–Kier alpha value is -5.51. The van der Waals surface area contributed by atoms with Crippen molar-refractivity contribution in [3.63, 3.8) is 0 Å². The fourth-order valence-corrected chi connectivity index (χ4v) is 6.45. The zero-order chi connectivity index (χ0) is 32.9. The number of carbonyl (C=O) groups is 3. The first-order chi connectivity index (χ1) is 22.7. The molecule has 6 rings (SSSR count). The minimum Gasteiger partial charge on any atom is -0.508 e. The summed E-state index contributed by atoms with van der Waals surface area (Å²) in [5, 5.41) is 15.9. The molecule has 1 aromatic heterocycles. The lowest BCUT2D eigenvalue weighted by Crippen LogP contribution is -2.63. The standard InChI is InChI=1S/C37H36FN5O4/c38-28-11-6-23(7-12-28)17-33(32-19-31(44)13-9-26(32)10-14-35(39)45)37(47)43-21-30(42-36(46)34(43)18-29-20-40-22-41-29)16-24-5-8-25-3-1-2-4-27(25)15-24/h1-9,11-13,15,19-20,22,30,33-34,44H,10,14,16-18,21H2,(H2,39,45)(H,40,41)(H,42,46). The molecule has 0 saturated carbocycles. The maximum Gasteiger partial charge on any atom is 0.243 e. The molecular formula is C37H36FN5O4. The molecule has 1 aliphatic rings. The lowest BCUT2D eigenvalue weighted by Gasteiger charge is -2.41. The number of nitrogens with two attached hydrogens (primary N) is 1. The van der Waals surface area contributed by atoms with E-state index in [0.29, 0.717) is 28.8 Å². The van der Waals surface area contributed by atoms with Crippen LogP contribution >= 0.6 is 0 Å². The van der Waals surface area contributed by atoms with E-state index in [2.05, 4.69) is 21.4 Å². The van der Waals surface area contributed by atoms with E-state index in [1.54, 1.807) is 29.3 Å². The number of nitrogens with zero attached hydrogens (tertiary/aromatic N) is 2. The topological polar surface area (TPSA) is 141 Å². The van der Waals surface area contributed by atoms with Crippen molar-refractivity contribution in [1.82, 2.24) is 20.2 Å². The van der Waals surface area contributed by atoms with Gasteiger partial charge in [0.05, 0.1) is 18.3 Å². The van der Waals surface area contributed by atoms with Crippen molar-refractivity contribution < 1.29 is 23.9 Å². The third kappa shape index (κ3) is 7.49. The molecule has 1 aliphatic heterocycles. The molecule has 1 fully saturated rings. The van der Waals surface area contributed by atoms with Crippen LogP contribution in [0.1, 0.15) is 40.3 Å². The number of piperazine rings is 1. The number of hydrogen-bond acceptors (Lipinski definition) is 5. The second kappa shape index (κ2) is 13.9. The molecule has 0 spiro atoms.